The summed E-state index contributed by atoms with van der Waals surface area (Å²) in [5, 5.41) is 7.04. The minimum Gasteiger partial charge on any atom is -0.494 e. The number of pyridine rings is 1. The topological polar surface area (TPSA) is 76.4 Å². The number of benzene rings is 2. The zero-order valence-corrected chi connectivity index (χ0v) is 19.5. The van der Waals surface area contributed by atoms with Gasteiger partial charge in [-0.05, 0) is 60.9 Å². The number of halogens is 1. The van der Waals surface area contributed by atoms with E-state index in [1.807, 2.05) is 55.5 Å². The van der Waals surface area contributed by atoms with Crippen molar-refractivity contribution in [2.75, 3.05) is 11.9 Å². The number of fused-ring (bicyclic) bond motifs is 1. The summed E-state index contributed by atoms with van der Waals surface area (Å²) < 4.78 is 12.2. The molecule has 164 valence electrons. The first-order chi connectivity index (χ1) is 15.5. The Labute approximate surface area is 195 Å². The molecule has 0 bridgehead atoms. The van der Waals surface area contributed by atoms with Crippen LogP contribution in [-0.2, 0) is 6.54 Å². The number of rotatable bonds is 8. The second-order valence-electron chi connectivity index (χ2n) is 7.45. The fraction of sp³-hybridized carbons (Fsp3) is 0.200. The van der Waals surface area contributed by atoms with Crippen molar-refractivity contribution in [1.82, 2.24) is 10.3 Å². The van der Waals surface area contributed by atoms with Gasteiger partial charge in [0, 0.05) is 22.8 Å². The Bertz CT molecular complexity index is 1240. The number of aromatic nitrogens is 1. The number of hydrogen-bond donors (Lipinski definition) is 2. The highest BCUT2D eigenvalue weighted by atomic mass is 79.9. The van der Waals surface area contributed by atoms with Crippen LogP contribution in [0.15, 0.2) is 69.8 Å². The minimum atomic E-state index is -0.273. The predicted octanol–water partition coefficient (Wildman–Crippen LogP) is 6.36. The lowest BCUT2D eigenvalue weighted by Crippen LogP contribution is -2.24. The molecule has 0 aliphatic heterocycles. The minimum absolute atomic E-state index is 0.273. The Kier molecular flexibility index (Phi) is 6.75. The third kappa shape index (κ3) is 5.11. The van der Waals surface area contributed by atoms with E-state index >= 15 is 0 Å². The van der Waals surface area contributed by atoms with Crippen LogP contribution in [0.1, 0.15) is 35.0 Å². The first-order valence-corrected chi connectivity index (χ1v) is 11.2. The third-order valence-corrected chi connectivity index (χ3v) is 5.84. The number of furan rings is 1. The molecule has 4 rings (SSSR count). The Morgan fingerprint density at radius 1 is 1.12 bits per heavy atom. The molecule has 0 aliphatic carbocycles. The maximum absolute atomic E-state index is 12.8. The Hall–Kier alpha value is -3.32. The van der Waals surface area contributed by atoms with Gasteiger partial charge in [0.15, 0.2) is 0 Å². The van der Waals surface area contributed by atoms with E-state index in [0.29, 0.717) is 24.6 Å². The van der Waals surface area contributed by atoms with Gasteiger partial charge >= 0.3 is 0 Å². The van der Waals surface area contributed by atoms with Crippen LogP contribution >= 0.6 is 15.9 Å². The molecular formula is C25H24BrN3O3. The lowest BCUT2D eigenvalue weighted by molar-refractivity contribution is 0.0946. The van der Waals surface area contributed by atoms with Gasteiger partial charge in [-0.3, -0.25) is 4.79 Å². The van der Waals surface area contributed by atoms with Crippen LogP contribution in [0.3, 0.4) is 0 Å². The van der Waals surface area contributed by atoms with Crippen molar-refractivity contribution in [2.24, 2.45) is 0 Å². The van der Waals surface area contributed by atoms with Crippen molar-refractivity contribution in [2.45, 2.75) is 26.8 Å². The molecule has 0 saturated heterocycles. The van der Waals surface area contributed by atoms with Crippen LogP contribution in [0.4, 0.5) is 11.5 Å². The number of aryl methyl sites for hydroxylation is 1. The molecule has 1 amide bonds. The first kappa shape index (κ1) is 21.9. The molecule has 0 fully saturated rings. The van der Waals surface area contributed by atoms with Gasteiger partial charge in [-0.15, -0.1) is 0 Å². The Morgan fingerprint density at radius 2 is 1.94 bits per heavy atom. The molecule has 7 heteroatoms. The molecule has 6 nitrogen and oxygen atoms in total. The normalized spacial score (nSPS) is 10.8. The SMILES string of the molecule is CCCOc1ccc(CNC(=O)c2cc3occc3c(Nc3ccc(Br)c(C)c3)n2)cc1. The summed E-state index contributed by atoms with van der Waals surface area (Å²) in [6.45, 7) is 5.16. The molecule has 2 aromatic heterocycles. The Balaban J connectivity index is 1.49. The van der Waals surface area contributed by atoms with Gasteiger partial charge in [0.25, 0.3) is 5.91 Å². The average molecular weight is 494 g/mol. The fourth-order valence-electron chi connectivity index (χ4n) is 3.23. The summed E-state index contributed by atoms with van der Waals surface area (Å²) in [7, 11) is 0. The van der Waals surface area contributed by atoms with Crippen LogP contribution in [0.25, 0.3) is 11.0 Å². The van der Waals surface area contributed by atoms with E-state index in [1.54, 1.807) is 12.3 Å². The fourth-order valence-corrected chi connectivity index (χ4v) is 3.48. The number of nitrogens with one attached hydrogen (secondary N) is 2. The molecule has 0 saturated carbocycles. The molecular weight excluding hydrogens is 470 g/mol. The van der Waals surface area contributed by atoms with E-state index in [4.69, 9.17) is 9.15 Å². The van der Waals surface area contributed by atoms with Crippen molar-refractivity contribution in [3.63, 3.8) is 0 Å². The summed E-state index contributed by atoms with van der Waals surface area (Å²) in [4.78, 5) is 17.4. The molecule has 0 radical (unpaired) electrons. The molecule has 0 aliphatic rings. The maximum atomic E-state index is 12.8. The summed E-state index contributed by atoms with van der Waals surface area (Å²) in [5.74, 6) is 1.12. The zero-order chi connectivity index (χ0) is 22.5. The lowest BCUT2D eigenvalue weighted by atomic mass is 10.2. The maximum Gasteiger partial charge on any atom is 0.270 e. The predicted molar refractivity (Wildman–Crippen MR) is 130 cm³/mol. The standard InChI is InChI=1S/C25H24BrN3O3/c1-3-11-31-19-7-4-17(5-8-19)15-27-25(30)22-14-23-20(10-12-32-23)24(29-22)28-18-6-9-21(26)16(2)13-18/h4-10,12-14H,3,11,15H2,1-2H3,(H,27,30)(H,28,29). The smallest absolute Gasteiger partial charge is 0.270 e. The molecule has 32 heavy (non-hydrogen) atoms. The average Bonchev–Trinajstić information content (AvgIpc) is 3.28. The van der Waals surface area contributed by atoms with Crippen molar-refractivity contribution in [1.29, 1.82) is 0 Å². The number of carbonyl (C=O) groups excluding carboxylic acids is 1. The summed E-state index contributed by atoms with van der Waals surface area (Å²) in [6.07, 6.45) is 2.55. The van der Waals surface area contributed by atoms with Gasteiger partial charge in [0.05, 0.1) is 18.3 Å². The highest BCUT2D eigenvalue weighted by Crippen LogP contribution is 2.28. The molecule has 2 aromatic carbocycles. The highest BCUT2D eigenvalue weighted by molar-refractivity contribution is 9.10. The van der Waals surface area contributed by atoms with E-state index in [1.165, 1.54) is 0 Å². The zero-order valence-electron chi connectivity index (χ0n) is 17.9. The monoisotopic (exact) mass is 493 g/mol. The molecule has 0 unspecified atom stereocenters. The van der Waals surface area contributed by atoms with Crippen molar-refractivity contribution >= 4 is 44.3 Å². The quantitative estimate of drug-likeness (QED) is 0.298. The van der Waals surface area contributed by atoms with Gasteiger partial charge < -0.3 is 19.8 Å². The van der Waals surface area contributed by atoms with Gasteiger partial charge in [0.1, 0.15) is 22.8 Å². The van der Waals surface area contributed by atoms with E-state index in [-0.39, 0.29) is 11.6 Å². The summed E-state index contributed by atoms with van der Waals surface area (Å²) >= 11 is 3.51. The third-order valence-electron chi connectivity index (χ3n) is 4.95. The van der Waals surface area contributed by atoms with Gasteiger partial charge in [-0.1, -0.05) is 35.0 Å². The van der Waals surface area contributed by atoms with E-state index in [0.717, 1.165) is 38.8 Å². The molecule has 4 aromatic rings. The number of ether oxygens (including phenoxy) is 1. The number of anilines is 2. The number of amides is 1. The van der Waals surface area contributed by atoms with Gasteiger partial charge in [0.2, 0.25) is 0 Å². The van der Waals surface area contributed by atoms with E-state index in [2.05, 4.69) is 38.5 Å². The molecule has 2 N–H and O–H groups in total. The number of carbonyl (C=O) groups is 1. The van der Waals surface area contributed by atoms with Crippen LogP contribution < -0.4 is 15.4 Å². The number of nitrogens with zero attached hydrogens (tertiary/aromatic N) is 1. The van der Waals surface area contributed by atoms with Crippen LogP contribution in [0.2, 0.25) is 0 Å². The van der Waals surface area contributed by atoms with Crippen LogP contribution in [0.5, 0.6) is 5.75 Å². The van der Waals surface area contributed by atoms with Crippen LogP contribution in [-0.4, -0.2) is 17.5 Å². The van der Waals surface area contributed by atoms with Crippen molar-refractivity contribution < 1.29 is 13.9 Å². The second-order valence-corrected chi connectivity index (χ2v) is 8.31. The van der Waals surface area contributed by atoms with Crippen LogP contribution in [0, 0.1) is 6.92 Å². The number of hydrogen-bond acceptors (Lipinski definition) is 5. The highest BCUT2D eigenvalue weighted by Gasteiger charge is 2.14. The molecule has 0 atom stereocenters. The summed E-state index contributed by atoms with van der Waals surface area (Å²) in [6, 6.07) is 17.1. The molecule has 0 spiro atoms. The molecule has 2 heterocycles. The van der Waals surface area contributed by atoms with Crippen molar-refractivity contribution in [3.05, 3.63) is 82.2 Å². The first-order valence-electron chi connectivity index (χ1n) is 10.4. The summed E-state index contributed by atoms with van der Waals surface area (Å²) in [5.41, 5.74) is 3.83. The van der Waals surface area contributed by atoms with Gasteiger partial charge in [-0.25, -0.2) is 4.98 Å². The van der Waals surface area contributed by atoms with Gasteiger partial charge in [-0.2, -0.15) is 0 Å². The van der Waals surface area contributed by atoms with E-state index < -0.39 is 0 Å². The Morgan fingerprint density at radius 3 is 2.69 bits per heavy atom. The van der Waals surface area contributed by atoms with Crippen molar-refractivity contribution in [3.8, 4) is 5.75 Å². The largest absolute Gasteiger partial charge is 0.494 e. The van der Waals surface area contributed by atoms with E-state index in [9.17, 15) is 4.79 Å². The second kappa shape index (κ2) is 9.87. The lowest BCUT2D eigenvalue weighted by Gasteiger charge is -2.11.